The number of likely N-dealkylation sites (tertiary alicyclic amines) is 1. The van der Waals surface area contributed by atoms with Crippen LogP contribution in [0.15, 0.2) is 54.4 Å². The molecule has 6 rings (SSSR count). The summed E-state index contributed by atoms with van der Waals surface area (Å²) in [6, 6.07) is 9.04. The first-order valence-corrected chi connectivity index (χ1v) is 19.9. The Hall–Kier alpha value is -4.37. The summed E-state index contributed by atoms with van der Waals surface area (Å²) in [6.45, 7) is 14.5. The van der Waals surface area contributed by atoms with E-state index in [9.17, 15) is 27.6 Å². The van der Waals surface area contributed by atoms with E-state index in [1.807, 2.05) is 62.5 Å². The number of fused-ring (bicyclic) bond motifs is 1. The number of aromatic nitrogens is 2. The highest BCUT2D eigenvalue weighted by atomic mass is 32.2. The van der Waals surface area contributed by atoms with Gasteiger partial charge in [-0.15, -0.1) is 17.9 Å². The molecule has 13 nitrogen and oxygen atoms in total. The van der Waals surface area contributed by atoms with Crippen molar-refractivity contribution in [3.63, 3.8) is 0 Å². The molecule has 1 unspecified atom stereocenters. The molecular formula is C37H46N6O7S2. The maximum absolute atomic E-state index is 14.6. The Balaban J connectivity index is 1.33. The largest absolute Gasteiger partial charge is 0.471 e. The summed E-state index contributed by atoms with van der Waals surface area (Å²) < 4.78 is 34.1. The molecule has 2 saturated carbocycles. The van der Waals surface area contributed by atoms with E-state index in [0.717, 1.165) is 4.88 Å². The molecule has 0 bridgehead atoms. The lowest BCUT2D eigenvalue weighted by atomic mass is 9.84. The molecule has 3 heterocycles. The predicted octanol–water partition coefficient (Wildman–Crippen LogP) is 3.95. The van der Waals surface area contributed by atoms with Crippen molar-refractivity contribution in [1.82, 2.24) is 30.2 Å². The molecule has 1 saturated heterocycles. The quantitative estimate of drug-likeness (QED) is 0.245. The summed E-state index contributed by atoms with van der Waals surface area (Å²) in [5, 5.41) is 7.01. The molecule has 3 fully saturated rings. The fraction of sp³-hybridized carbons (Fsp3) is 0.514. The number of nitrogens with zero attached hydrogens (tertiary/aromatic N) is 3. The Morgan fingerprint density at radius 1 is 1.04 bits per heavy atom. The topological polar surface area (TPSA) is 177 Å². The Kier molecular flexibility index (Phi) is 9.75. The van der Waals surface area contributed by atoms with Crippen LogP contribution in [0.2, 0.25) is 0 Å². The first-order chi connectivity index (χ1) is 24.3. The van der Waals surface area contributed by atoms with E-state index < -0.39 is 73.5 Å². The zero-order chi connectivity index (χ0) is 37.8. The highest BCUT2D eigenvalue weighted by molar-refractivity contribution is 7.91. The SMILES string of the molecule is C=C[C@@H]1CC1(NC(=O)[C@@H]1C[C@@H](Oc2nc3ccccc3nc2-c2cccs2)CN1C(=O)[C@@H](NC(=O)C(C)(C)C)C(C)(C)C)C(=O)NS(=O)(=O)C1CC1. The van der Waals surface area contributed by atoms with Crippen molar-refractivity contribution in [1.29, 1.82) is 0 Å². The molecule has 3 aromatic rings. The number of para-hydroxylation sites is 2. The van der Waals surface area contributed by atoms with Gasteiger partial charge in [-0.2, -0.15) is 0 Å². The molecule has 1 aromatic carbocycles. The molecule has 52 heavy (non-hydrogen) atoms. The van der Waals surface area contributed by atoms with Gasteiger partial charge in [-0.05, 0) is 48.3 Å². The third-order valence-electron chi connectivity index (χ3n) is 9.74. The number of ether oxygens (including phenoxy) is 1. The van der Waals surface area contributed by atoms with Crippen molar-refractivity contribution < 1.29 is 32.3 Å². The molecule has 0 radical (unpaired) electrons. The number of benzene rings is 1. The molecule has 2 aromatic heterocycles. The summed E-state index contributed by atoms with van der Waals surface area (Å²) in [5.74, 6) is -2.59. The van der Waals surface area contributed by atoms with E-state index in [1.165, 1.54) is 22.3 Å². The zero-order valence-electron chi connectivity index (χ0n) is 30.3. The molecule has 15 heteroatoms. The van der Waals surface area contributed by atoms with Gasteiger partial charge >= 0.3 is 0 Å². The molecule has 3 N–H and O–H groups in total. The van der Waals surface area contributed by atoms with Crippen LogP contribution in [0.5, 0.6) is 5.88 Å². The van der Waals surface area contributed by atoms with Gasteiger partial charge in [0.05, 0.1) is 27.7 Å². The first kappa shape index (κ1) is 37.4. The fourth-order valence-corrected chi connectivity index (χ4v) is 8.42. The molecule has 1 aliphatic heterocycles. The summed E-state index contributed by atoms with van der Waals surface area (Å²) in [5.41, 5.74) is -1.30. The van der Waals surface area contributed by atoms with Crippen LogP contribution in [0.25, 0.3) is 21.6 Å². The molecule has 0 spiro atoms. The molecule has 278 valence electrons. The van der Waals surface area contributed by atoms with Crippen molar-refractivity contribution in [2.45, 2.75) is 96.2 Å². The van der Waals surface area contributed by atoms with Crippen LogP contribution in [0.4, 0.5) is 0 Å². The fourth-order valence-electron chi connectivity index (χ4n) is 6.35. The Morgan fingerprint density at radius 2 is 1.71 bits per heavy atom. The van der Waals surface area contributed by atoms with Gasteiger partial charge in [0.25, 0.3) is 5.91 Å². The summed E-state index contributed by atoms with van der Waals surface area (Å²) in [6.07, 6.45) is 1.87. The molecule has 4 amide bonds. The van der Waals surface area contributed by atoms with Crippen LogP contribution >= 0.6 is 11.3 Å². The number of carbonyl (C=O) groups is 4. The zero-order valence-corrected chi connectivity index (χ0v) is 31.9. The number of nitrogens with one attached hydrogen (secondary N) is 3. The Morgan fingerprint density at radius 3 is 2.27 bits per heavy atom. The molecule has 5 atom stereocenters. The van der Waals surface area contributed by atoms with Crippen LogP contribution in [-0.2, 0) is 29.2 Å². The van der Waals surface area contributed by atoms with Crippen molar-refractivity contribution in [2.24, 2.45) is 16.7 Å². The van der Waals surface area contributed by atoms with Gasteiger partial charge in [0.15, 0.2) is 0 Å². The average Bonchev–Trinajstić information content (AvgIpc) is 3.94. The van der Waals surface area contributed by atoms with Gasteiger partial charge in [-0.3, -0.25) is 23.9 Å². The van der Waals surface area contributed by atoms with Gasteiger partial charge in [0, 0.05) is 17.8 Å². The maximum Gasteiger partial charge on any atom is 0.259 e. The van der Waals surface area contributed by atoms with Crippen LogP contribution in [0.1, 0.15) is 67.2 Å². The van der Waals surface area contributed by atoms with E-state index in [4.69, 9.17) is 14.7 Å². The van der Waals surface area contributed by atoms with E-state index >= 15 is 0 Å². The third kappa shape index (κ3) is 7.56. The normalized spacial score (nSPS) is 23.8. The molecular weight excluding hydrogens is 705 g/mol. The van der Waals surface area contributed by atoms with Gasteiger partial charge in [0.1, 0.15) is 29.4 Å². The summed E-state index contributed by atoms with van der Waals surface area (Å²) in [7, 11) is -3.90. The standard InChI is InChI=1S/C37H46N6O7S2/c1-8-21-19-37(21,34(47)42-52(48,49)23-15-16-23)41-30(44)26-18-22(20-43(26)32(45)29(35(2,3)4)40-33(46)36(5,6)7)50-31-28(27-14-11-17-51-27)38-24-12-9-10-13-25(24)39-31/h8-14,17,21-23,26,29H,1,15-16,18-20H2,2-7H3,(H,40,46)(H,41,44)(H,42,47)/t21-,22-,26+,29-,37?/m1/s1. The Bertz CT molecular complexity index is 2020. The molecule has 3 aliphatic rings. The highest BCUT2D eigenvalue weighted by Gasteiger charge is 2.62. The second-order valence-electron chi connectivity index (χ2n) is 16.0. The Labute approximate surface area is 308 Å². The van der Waals surface area contributed by atoms with Crippen LogP contribution in [0, 0.1) is 16.7 Å². The second-order valence-corrected chi connectivity index (χ2v) is 18.9. The van der Waals surface area contributed by atoms with E-state index in [2.05, 4.69) is 21.9 Å². The minimum Gasteiger partial charge on any atom is -0.471 e. The monoisotopic (exact) mass is 750 g/mol. The second kappa shape index (κ2) is 13.6. The predicted molar refractivity (Wildman–Crippen MR) is 197 cm³/mol. The van der Waals surface area contributed by atoms with Gasteiger partial charge in [-0.25, -0.2) is 18.4 Å². The number of rotatable bonds is 11. The lowest BCUT2D eigenvalue weighted by Crippen LogP contribution is -2.60. The van der Waals surface area contributed by atoms with Gasteiger partial charge in [-0.1, -0.05) is 65.8 Å². The lowest BCUT2D eigenvalue weighted by molar-refractivity contribution is -0.145. The highest BCUT2D eigenvalue weighted by Crippen LogP contribution is 2.46. The van der Waals surface area contributed by atoms with Crippen molar-refractivity contribution in [3.8, 4) is 16.5 Å². The molecule has 2 aliphatic carbocycles. The lowest BCUT2D eigenvalue weighted by Gasteiger charge is -2.37. The van der Waals surface area contributed by atoms with E-state index in [0.29, 0.717) is 29.6 Å². The number of hydrogen-bond acceptors (Lipinski definition) is 10. The number of thiophene rings is 1. The van der Waals surface area contributed by atoms with Crippen molar-refractivity contribution in [3.05, 3.63) is 54.4 Å². The number of sulfonamides is 1. The third-order valence-corrected chi connectivity index (χ3v) is 12.4. The van der Waals surface area contributed by atoms with E-state index in [-0.39, 0.29) is 31.2 Å². The van der Waals surface area contributed by atoms with Gasteiger partial charge < -0.3 is 20.3 Å². The summed E-state index contributed by atoms with van der Waals surface area (Å²) >= 11 is 1.47. The minimum atomic E-state index is -3.90. The van der Waals surface area contributed by atoms with Crippen molar-refractivity contribution >= 4 is 56.0 Å². The van der Waals surface area contributed by atoms with Gasteiger partial charge in [0.2, 0.25) is 33.6 Å². The van der Waals surface area contributed by atoms with Crippen LogP contribution < -0.4 is 20.1 Å². The first-order valence-electron chi connectivity index (χ1n) is 17.4. The number of amides is 4. The smallest absolute Gasteiger partial charge is 0.259 e. The average molecular weight is 751 g/mol. The van der Waals surface area contributed by atoms with Crippen LogP contribution in [-0.4, -0.2) is 82.4 Å². The number of hydrogen-bond donors (Lipinski definition) is 3. The minimum absolute atomic E-state index is 0.0247. The maximum atomic E-state index is 14.6. The van der Waals surface area contributed by atoms with Crippen molar-refractivity contribution in [2.75, 3.05) is 6.54 Å². The summed E-state index contributed by atoms with van der Waals surface area (Å²) in [4.78, 5) is 67.5. The van der Waals surface area contributed by atoms with E-state index in [1.54, 1.807) is 20.8 Å². The van der Waals surface area contributed by atoms with Crippen LogP contribution in [0.3, 0.4) is 0 Å². The number of carbonyl (C=O) groups excluding carboxylic acids is 4.